The van der Waals surface area contributed by atoms with Crippen LogP contribution in [-0.4, -0.2) is 11.7 Å². The molecule has 20 heavy (non-hydrogen) atoms. The third-order valence-corrected chi connectivity index (χ3v) is 3.46. The SMILES string of the molecule is NCC(c1ccc(F)cc1F)C(O)c1ccc(Cl)cc1. The molecular formula is C15H14ClF2NO. The Morgan fingerprint density at radius 3 is 2.30 bits per heavy atom. The number of rotatable bonds is 4. The van der Waals surface area contributed by atoms with Crippen LogP contribution in [0, 0.1) is 11.6 Å². The molecule has 2 atom stereocenters. The zero-order valence-corrected chi connectivity index (χ0v) is 11.3. The van der Waals surface area contributed by atoms with E-state index in [0.29, 0.717) is 10.6 Å². The minimum Gasteiger partial charge on any atom is -0.388 e. The van der Waals surface area contributed by atoms with Crippen LogP contribution in [0.4, 0.5) is 8.78 Å². The van der Waals surface area contributed by atoms with Gasteiger partial charge in [0.2, 0.25) is 0 Å². The van der Waals surface area contributed by atoms with E-state index < -0.39 is 23.7 Å². The molecule has 0 saturated heterocycles. The maximum Gasteiger partial charge on any atom is 0.129 e. The number of nitrogens with two attached hydrogens (primary N) is 1. The maximum atomic E-state index is 13.8. The molecule has 0 spiro atoms. The van der Waals surface area contributed by atoms with Crippen LogP contribution in [0.2, 0.25) is 5.02 Å². The van der Waals surface area contributed by atoms with Crippen molar-refractivity contribution in [1.29, 1.82) is 0 Å². The van der Waals surface area contributed by atoms with E-state index in [9.17, 15) is 13.9 Å². The van der Waals surface area contributed by atoms with Crippen LogP contribution in [0.25, 0.3) is 0 Å². The molecule has 0 aliphatic carbocycles. The van der Waals surface area contributed by atoms with Crippen molar-refractivity contribution in [2.24, 2.45) is 5.73 Å². The zero-order chi connectivity index (χ0) is 14.7. The van der Waals surface area contributed by atoms with E-state index in [2.05, 4.69) is 0 Å². The van der Waals surface area contributed by atoms with E-state index in [1.807, 2.05) is 0 Å². The predicted molar refractivity (Wildman–Crippen MR) is 74.6 cm³/mol. The van der Waals surface area contributed by atoms with Gasteiger partial charge in [-0.3, -0.25) is 0 Å². The molecule has 3 N–H and O–H groups in total. The second-order valence-corrected chi connectivity index (χ2v) is 4.94. The van der Waals surface area contributed by atoms with E-state index in [4.69, 9.17) is 17.3 Å². The summed E-state index contributed by atoms with van der Waals surface area (Å²) in [4.78, 5) is 0. The Bertz CT molecular complexity index is 589. The number of aliphatic hydroxyl groups excluding tert-OH is 1. The van der Waals surface area contributed by atoms with Gasteiger partial charge in [0.25, 0.3) is 0 Å². The third kappa shape index (κ3) is 3.15. The van der Waals surface area contributed by atoms with Crippen LogP contribution in [0.3, 0.4) is 0 Å². The Balaban J connectivity index is 2.33. The maximum absolute atomic E-state index is 13.8. The second kappa shape index (κ2) is 6.31. The molecule has 0 aliphatic heterocycles. The molecule has 0 aromatic heterocycles. The van der Waals surface area contributed by atoms with Crippen molar-refractivity contribution in [2.45, 2.75) is 12.0 Å². The van der Waals surface area contributed by atoms with Gasteiger partial charge in [0.05, 0.1) is 6.10 Å². The Labute approximate surface area is 120 Å². The van der Waals surface area contributed by atoms with Crippen LogP contribution >= 0.6 is 11.6 Å². The Morgan fingerprint density at radius 2 is 1.75 bits per heavy atom. The zero-order valence-electron chi connectivity index (χ0n) is 10.6. The van der Waals surface area contributed by atoms with Crippen molar-refractivity contribution >= 4 is 11.6 Å². The summed E-state index contributed by atoms with van der Waals surface area (Å²) in [7, 11) is 0. The van der Waals surface area contributed by atoms with Gasteiger partial charge in [0.1, 0.15) is 11.6 Å². The Kier molecular flexibility index (Phi) is 4.70. The molecule has 106 valence electrons. The summed E-state index contributed by atoms with van der Waals surface area (Å²) >= 11 is 5.78. The topological polar surface area (TPSA) is 46.2 Å². The third-order valence-electron chi connectivity index (χ3n) is 3.21. The number of hydrogen-bond acceptors (Lipinski definition) is 2. The molecule has 0 heterocycles. The first-order chi connectivity index (χ1) is 9.52. The van der Waals surface area contributed by atoms with E-state index >= 15 is 0 Å². The minimum absolute atomic E-state index is 0.0341. The average Bonchev–Trinajstić information content (AvgIpc) is 2.42. The van der Waals surface area contributed by atoms with Crippen LogP contribution in [-0.2, 0) is 0 Å². The van der Waals surface area contributed by atoms with Gasteiger partial charge in [0, 0.05) is 23.6 Å². The first-order valence-electron chi connectivity index (χ1n) is 6.11. The lowest BCUT2D eigenvalue weighted by molar-refractivity contribution is 0.145. The number of aliphatic hydroxyl groups is 1. The van der Waals surface area contributed by atoms with Gasteiger partial charge in [-0.2, -0.15) is 0 Å². The summed E-state index contributed by atoms with van der Waals surface area (Å²) in [6.45, 7) is 0.0341. The van der Waals surface area contributed by atoms with Gasteiger partial charge in [0.15, 0.2) is 0 Å². The van der Waals surface area contributed by atoms with Gasteiger partial charge in [-0.15, -0.1) is 0 Å². The summed E-state index contributed by atoms with van der Waals surface area (Å²) in [6.07, 6.45) is -0.989. The lowest BCUT2D eigenvalue weighted by Gasteiger charge is -2.22. The Hall–Kier alpha value is -1.49. The highest BCUT2D eigenvalue weighted by Crippen LogP contribution is 2.32. The summed E-state index contributed by atoms with van der Waals surface area (Å²) in [5, 5.41) is 10.9. The molecule has 0 amide bonds. The van der Waals surface area contributed by atoms with Crippen LogP contribution in [0.1, 0.15) is 23.1 Å². The van der Waals surface area contributed by atoms with Crippen molar-refractivity contribution < 1.29 is 13.9 Å². The molecule has 0 aliphatic rings. The highest BCUT2D eigenvalue weighted by atomic mass is 35.5. The van der Waals surface area contributed by atoms with Crippen molar-refractivity contribution in [2.75, 3.05) is 6.54 Å². The largest absolute Gasteiger partial charge is 0.388 e. The Morgan fingerprint density at radius 1 is 1.10 bits per heavy atom. The predicted octanol–water partition coefficient (Wildman–Crippen LogP) is 3.39. The molecule has 2 unspecified atom stereocenters. The van der Waals surface area contributed by atoms with E-state index in [1.54, 1.807) is 24.3 Å². The fourth-order valence-electron chi connectivity index (χ4n) is 2.12. The lowest BCUT2D eigenvalue weighted by Crippen LogP contribution is -2.21. The highest BCUT2D eigenvalue weighted by molar-refractivity contribution is 6.30. The van der Waals surface area contributed by atoms with Crippen molar-refractivity contribution in [3.05, 3.63) is 70.2 Å². The van der Waals surface area contributed by atoms with Crippen molar-refractivity contribution in [3.8, 4) is 0 Å². The van der Waals surface area contributed by atoms with Gasteiger partial charge >= 0.3 is 0 Å². The van der Waals surface area contributed by atoms with E-state index in [1.165, 1.54) is 6.07 Å². The summed E-state index contributed by atoms with van der Waals surface area (Å²) in [6, 6.07) is 9.81. The standard InChI is InChI=1S/C15H14ClF2NO/c16-10-3-1-9(2-4-10)15(20)13(8-19)12-6-5-11(17)7-14(12)18/h1-7,13,15,20H,8,19H2. The van der Waals surface area contributed by atoms with Crippen LogP contribution in [0.5, 0.6) is 0 Å². The minimum atomic E-state index is -0.989. The number of benzene rings is 2. The molecule has 0 radical (unpaired) electrons. The molecule has 2 nitrogen and oxygen atoms in total. The van der Waals surface area contributed by atoms with E-state index in [0.717, 1.165) is 12.1 Å². The molecular weight excluding hydrogens is 284 g/mol. The lowest BCUT2D eigenvalue weighted by atomic mass is 9.89. The molecule has 0 bridgehead atoms. The van der Waals surface area contributed by atoms with Crippen molar-refractivity contribution in [1.82, 2.24) is 0 Å². The second-order valence-electron chi connectivity index (χ2n) is 4.50. The average molecular weight is 298 g/mol. The van der Waals surface area contributed by atoms with Crippen molar-refractivity contribution in [3.63, 3.8) is 0 Å². The summed E-state index contributed by atoms with van der Waals surface area (Å²) in [5.74, 6) is -2.03. The molecule has 2 rings (SSSR count). The first-order valence-corrected chi connectivity index (χ1v) is 6.49. The van der Waals surface area contributed by atoms with Gasteiger partial charge < -0.3 is 10.8 Å². The fraction of sp³-hybridized carbons (Fsp3) is 0.200. The normalized spacial score (nSPS) is 14.1. The van der Waals surface area contributed by atoms with Crippen LogP contribution in [0.15, 0.2) is 42.5 Å². The smallest absolute Gasteiger partial charge is 0.129 e. The van der Waals surface area contributed by atoms with Gasteiger partial charge in [-0.05, 0) is 29.3 Å². The molecule has 5 heteroatoms. The number of halogens is 3. The molecule has 2 aromatic rings. The fourth-order valence-corrected chi connectivity index (χ4v) is 2.25. The highest BCUT2D eigenvalue weighted by Gasteiger charge is 2.24. The molecule has 0 fully saturated rings. The molecule has 2 aromatic carbocycles. The van der Waals surface area contributed by atoms with E-state index in [-0.39, 0.29) is 12.1 Å². The monoisotopic (exact) mass is 297 g/mol. The van der Waals surface area contributed by atoms with Gasteiger partial charge in [-0.25, -0.2) is 8.78 Å². The summed E-state index contributed by atoms with van der Waals surface area (Å²) in [5.41, 5.74) is 6.40. The number of hydrogen-bond donors (Lipinski definition) is 2. The first kappa shape index (κ1) is 14.9. The summed E-state index contributed by atoms with van der Waals surface area (Å²) < 4.78 is 26.7. The quantitative estimate of drug-likeness (QED) is 0.908. The molecule has 0 saturated carbocycles. The van der Waals surface area contributed by atoms with Gasteiger partial charge in [-0.1, -0.05) is 29.8 Å². The van der Waals surface area contributed by atoms with Crippen LogP contribution < -0.4 is 5.73 Å².